The van der Waals surface area contributed by atoms with E-state index in [4.69, 9.17) is 5.73 Å². The van der Waals surface area contributed by atoms with Gasteiger partial charge in [0.15, 0.2) is 5.82 Å². The predicted octanol–water partition coefficient (Wildman–Crippen LogP) is 1.42. The summed E-state index contributed by atoms with van der Waals surface area (Å²) in [6.07, 6.45) is 4.78. The molecule has 1 rings (SSSR count). The molecule has 0 spiro atoms. The lowest BCUT2D eigenvalue weighted by Gasteiger charge is -1.96. The molecule has 12 heavy (non-hydrogen) atoms. The van der Waals surface area contributed by atoms with Crippen LogP contribution in [-0.2, 0) is 0 Å². The second-order valence-electron chi connectivity index (χ2n) is 2.82. The van der Waals surface area contributed by atoms with Crippen LogP contribution in [0, 0.1) is 5.92 Å². The zero-order valence-electron chi connectivity index (χ0n) is 7.23. The summed E-state index contributed by atoms with van der Waals surface area (Å²) in [6.45, 7) is 4.09. The molecule has 0 aliphatic rings. The summed E-state index contributed by atoms with van der Waals surface area (Å²) in [5.74, 6) is 0.943. The average Bonchev–Trinajstić information content (AvgIpc) is 2.03. The Morgan fingerprint density at radius 3 is 2.92 bits per heavy atom. The SMILES string of the molecule is CC(C)C=Nc1ncncc1N. The maximum Gasteiger partial charge on any atom is 0.178 e. The molecule has 0 unspecified atom stereocenters. The van der Waals surface area contributed by atoms with Crippen molar-refractivity contribution in [1.82, 2.24) is 9.97 Å². The number of nitrogens with two attached hydrogens (primary N) is 1. The lowest BCUT2D eigenvalue weighted by molar-refractivity contribution is 0.906. The van der Waals surface area contributed by atoms with Crippen LogP contribution in [-0.4, -0.2) is 16.2 Å². The summed E-state index contributed by atoms with van der Waals surface area (Å²) in [6, 6.07) is 0. The van der Waals surface area contributed by atoms with Gasteiger partial charge in [0.25, 0.3) is 0 Å². The molecule has 0 atom stereocenters. The number of hydrogen-bond acceptors (Lipinski definition) is 4. The highest BCUT2D eigenvalue weighted by molar-refractivity contribution is 5.68. The van der Waals surface area contributed by atoms with E-state index in [0.29, 0.717) is 17.4 Å². The van der Waals surface area contributed by atoms with Crippen molar-refractivity contribution in [3.8, 4) is 0 Å². The normalized spacial score (nSPS) is 11.2. The summed E-state index contributed by atoms with van der Waals surface area (Å²) in [5, 5.41) is 0. The summed E-state index contributed by atoms with van der Waals surface area (Å²) in [4.78, 5) is 11.8. The van der Waals surface area contributed by atoms with Gasteiger partial charge >= 0.3 is 0 Å². The minimum absolute atomic E-state index is 0.402. The lowest BCUT2D eigenvalue weighted by atomic mass is 10.2. The van der Waals surface area contributed by atoms with Crippen LogP contribution in [0.1, 0.15) is 13.8 Å². The summed E-state index contributed by atoms with van der Waals surface area (Å²) in [7, 11) is 0. The van der Waals surface area contributed by atoms with Crippen LogP contribution >= 0.6 is 0 Å². The molecule has 1 aromatic rings. The zero-order valence-corrected chi connectivity index (χ0v) is 7.23. The van der Waals surface area contributed by atoms with Gasteiger partial charge in [-0.2, -0.15) is 0 Å². The molecule has 0 aliphatic carbocycles. The maximum absolute atomic E-state index is 5.57. The average molecular weight is 164 g/mol. The molecular weight excluding hydrogens is 152 g/mol. The number of rotatable bonds is 2. The fraction of sp³-hybridized carbons (Fsp3) is 0.375. The van der Waals surface area contributed by atoms with Gasteiger partial charge in [-0.15, -0.1) is 0 Å². The van der Waals surface area contributed by atoms with Crippen molar-refractivity contribution in [3.63, 3.8) is 0 Å². The van der Waals surface area contributed by atoms with Gasteiger partial charge in [0.1, 0.15) is 6.33 Å². The first kappa shape index (κ1) is 8.64. The third-order valence-corrected chi connectivity index (χ3v) is 1.21. The van der Waals surface area contributed by atoms with E-state index >= 15 is 0 Å². The van der Waals surface area contributed by atoms with Crippen LogP contribution in [0.15, 0.2) is 17.5 Å². The minimum atomic E-state index is 0.402. The molecule has 2 N–H and O–H groups in total. The van der Waals surface area contributed by atoms with E-state index in [2.05, 4.69) is 15.0 Å². The van der Waals surface area contributed by atoms with E-state index in [0.717, 1.165) is 0 Å². The van der Waals surface area contributed by atoms with Crippen LogP contribution in [0.5, 0.6) is 0 Å². The first-order valence-corrected chi connectivity index (χ1v) is 3.80. The Morgan fingerprint density at radius 1 is 1.58 bits per heavy atom. The molecule has 0 saturated carbocycles. The third kappa shape index (κ3) is 2.30. The van der Waals surface area contributed by atoms with E-state index in [1.807, 2.05) is 13.8 Å². The number of nitrogen functional groups attached to an aromatic ring is 1. The van der Waals surface area contributed by atoms with Crippen molar-refractivity contribution in [3.05, 3.63) is 12.5 Å². The van der Waals surface area contributed by atoms with Crippen LogP contribution < -0.4 is 5.73 Å². The molecule has 64 valence electrons. The second-order valence-corrected chi connectivity index (χ2v) is 2.82. The largest absolute Gasteiger partial charge is 0.394 e. The van der Waals surface area contributed by atoms with Crippen molar-refractivity contribution in [1.29, 1.82) is 0 Å². The topological polar surface area (TPSA) is 64.2 Å². The molecule has 0 aliphatic heterocycles. The summed E-state index contributed by atoms with van der Waals surface area (Å²) >= 11 is 0. The fourth-order valence-corrected chi connectivity index (χ4v) is 0.661. The highest BCUT2D eigenvalue weighted by Crippen LogP contribution is 2.14. The summed E-state index contributed by atoms with van der Waals surface area (Å²) in [5.41, 5.74) is 6.08. The molecule has 4 heteroatoms. The Hall–Kier alpha value is -1.45. The molecular formula is C8H12N4. The van der Waals surface area contributed by atoms with Gasteiger partial charge in [-0.1, -0.05) is 13.8 Å². The van der Waals surface area contributed by atoms with Gasteiger partial charge in [0.2, 0.25) is 0 Å². The summed E-state index contributed by atoms with van der Waals surface area (Å²) < 4.78 is 0. The smallest absolute Gasteiger partial charge is 0.178 e. The van der Waals surface area contributed by atoms with E-state index in [-0.39, 0.29) is 0 Å². The van der Waals surface area contributed by atoms with E-state index in [9.17, 15) is 0 Å². The van der Waals surface area contributed by atoms with Gasteiger partial charge < -0.3 is 5.73 Å². The van der Waals surface area contributed by atoms with Gasteiger partial charge in [-0.05, 0) is 5.92 Å². The van der Waals surface area contributed by atoms with Crippen LogP contribution in [0.4, 0.5) is 11.5 Å². The van der Waals surface area contributed by atoms with Crippen LogP contribution in [0.2, 0.25) is 0 Å². The van der Waals surface area contributed by atoms with E-state index < -0.39 is 0 Å². The van der Waals surface area contributed by atoms with E-state index in [1.165, 1.54) is 6.33 Å². The zero-order chi connectivity index (χ0) is 8.97. The standard InChI is InChI=1S/C8H12N4/c1-6(2)3-11-8-7(9)4-10-5-12-8/h3-6H,9H2,1-2H3. The van der Waals surface area contributed by atoms with Crippen LogP contribution in [0.3, 0.4) is 0 Å². The molecule has 0 aromatic carbocycles. The third-order valence-electron chi connectivity index (χ3n) is 1.21. The molecule has 0 radical (unpaired) electrons. The first-order valence-electron chi connectivity index (χ1n) is 3.80. The van der Waals surface area contributed by atoms with Gasteiger partial charge in [0.05, 0.1) is 11.9 Å². The quantitative estimate of drug-likeness (QED) is 0.672. The van der Waals surface area contributed by atoms with Crippen molar-refractivity contribution in [2.45, 2.75) is 13.8 Å². The number of nitrogens with zero attached hydrogens (tertiary/aromatic N) is 3. The Balaban J connectivity index is 2.82. The van der Waals surface area contributed by atoms with E-state index in [1.54, 1.807) is 12.4 Å². The molecule has 0 amide bonds. The molecule has 1 aromatic heterocycles. The molecule has 0 bridgehead atoms. The maximum atomic E-state index is 5.57. The number of aromatic nitrogens is 2. The van der Waals surface area contributed by atoms with Crippen molar-refractivity contribution in [2.24, 2.45) is 10.9 Å². The first-order chi connectivity index (χ1) is 5.70. The van der Waals surface area contributed by atoms with Crippen molar-refractivity contribution in [2.75, 3.05) is 5.73 Å². The van der Waals surface area contributed by atoms with Crippen molar-refractivity contribution >= 4 is 17.7 Å². The van der Waals surface area contributed by atoms with Gasteiger partial charge in [-0.3, -0.25) is 0 Å². The van der Waals surface area contributed by atoms with Gasteiger partial charge in [-0.25, -0.2) is 15.0 Å². The highest BCUT2D eigenvalue weighted by Gasteiger charge is 1.95. The number of aliphatic imine (C=N–C) groups is 1. The Labute approximate surface area is 71.6 Å². The number of hydrogen-bond donors (Lipinski definition) is 1. The Kier molecular flexibility index (Phi) is 2.74. The fourth-order valence-electron chi connectivity index (χ4n) is 0.661. The molecule has 0 fully saturated rings. The van der Waals surface area contributed by atoms with Crippen molar-refractivity contribution < 1.29 is 0 Å². The lowest BCUT2D eigenvalue weighted by Crippen LogP contribution is -1.91. The Morgan fingerprint density at radius 2 is 2.33 bits per heavy atom. The van der Waals surface area contributed by atoms with Crippen LogP contribution in [0.25, 0.3) is 0 Å². The monoisotopic (exact) mass is 164 g/mol. The molecule has 4 nitrogen and oxygen atoms in total. The molecule has 1 heterocycles. The second kappa shape index (κ2) is 3.80. The highest BCUT2D eigenvalue weighted by atomic mass is 15.0. The molecule has 0 saturated heterocycles. The van der Waals surface area contributed by atoms with Gasteiger partial charge in [0, 0.05) is 6.21 Å². The minimum Gasteiger partial charge on any atom is -0.394 e. The Bertz CT molecular complexity index is 280. The predicted molar refractivity (Wildman–Crippen MR) is 49.4 cm³/mol. The number of anilines is 1.